The number of aromatic nitrogens is 2. The Balaban J connectivity index is 2.09. The molecule has 15 heavy (non-hydrogen) atoms. The Labute approximate surface area is 87.2 Å². The number of fused-ring (bicyclic) bond motifs is 6. The van der Waals surface area contributed by atoms with Crippen LogP contribution in [0.4, 0.5) is 0 Å². The normalized spacial score (nSPS) is 25.1. The first-order valence-corrected chi connectivity index (χ1v) is 5.11. The molecule has 1 saturated heterocycles. The minimum absolute atomic E-state index is 0.415. The van der Waals surface area contributed by atoms with E-state index < -0.39 is 0 Å². The second-order valence-electron chi connectivity index (χ2n) is 4.00. The van der Waals surface area contributed by atoms with Crippen molar-refractivity contribution in [1.82, 2.24) is 15.3 Å². The number of rotatable bonds is 0. The highest BCUT2D eigenvalue weighted by molar-refractivity contribution is 5.71. The largest absolute Gasteiger partial charge is 0.298 e. The van der Waals surface area contributed by atoms with Crippen LogP contribution in [-0.4, -0.2) is 9.97 Å². The molecule has 1 N–H and O–H groups in total. The van der Waals surface area contributed by atoms with Crippen LogP contribution in [0.3, 0.4) is 0 Å². The summed E-state index contributed by atoms with van der Waals surface area (Å²) in [4.78, 5) is 8.90. The molecule has 0 bridgehead atoms. The first-order valence-electron chi connectivity index (χ1n) is 5.11. The van der Waals surface area contributed by atoms with Crippen molar-refractivity contribution < 1.29 is 0 Å². The fourth-order valence-corrected chi connectivity index (χ4v) is 2.40. The quantitative estimate of drug-likeness (QED) is 0.652. The van der Waals surface area contributed by atoms with E-state index in [1.165, 1.54) is 11.1 Å². The summed E-state index contributed by atoms with van der Waals surface area (Å²) in [6.45, 7) is 0. The van der Waals surface area contributed by atoms with Gasteiger partial charge in [-0.25, -0.2) is 0 Å². The SMILES string of the molecule is c1cnc2c(c1)-c1ncccc1C1NC21. The topological polar surface area (TPSA) is 47.7 Å². The van der Waals surface area contributed by atoms with Crippen LogP contribution in [0.15, 0.2) is 36.7 Å². The Kier molecular flexibility index (Phi) is 1.22. The standard InChI is InChI=1S/C12H9N3/c1-3-7-9-8(4-2-5-13-9)11-12(15-11)10(7)14-6-1/h1-6,11-12,15H. The molecule has 0 amide bonds. The Hall–Kier alpha value is -1.74. The molecule has 72 valence electrons. The van der Waals surface area contributed by atoms with E-state index in [0.717, 1.165) is 11.4 Å². The van der Waals surface area contributed by atoms with E-state index in [4.69, 9.17) is 0 Å². The number of pyridine rings is 2. The summed E-state index contributed by atoms with van der Waals surface area (Å²) in [5.41, 5.74) is 4.72. The zero-order valence-corrected chi connectivity index (χ0v) is 8.01. The zero-order valence-electron chi connectivity index (χ0n) is 8.01. The number of hydrogen-bond donors (Lipinski definition) is 1. The molecular weight excluding hydrogens is 186 g/mol. The summed E-state index contributed by atoms with van der Waals surface area (Å²) in [5, 5.41) is 3.44. The van der Waals surface area contributed by atoms with Crippen LogP contribution < -0.4 is 5.32 Å². The highest BCUT2D eigenvalue weighted by atomic mass is 15.2. The van der Waals surface area contributed by atoms with E-state index in [1.807, 2.05) is 24.5 Å². The third-order valence-electron chi connectivity index (χ3n) is 3.15. The van der Waals surface area contributed by atoms with E-state index in [9.17, 15) is 0 Å². The summed E-state index contributed by atoms with van der Waals surface area (Å²) in [6, 6.07) is 9.08. The maximum absolute atomic E-state index is 4.46. The van der Waals surface area contributed by atoms with Gasteiger partial charge in [0.25, 0.3) is 0 Å². The molecule has 0 aromatic carbocycles. The smallest absolute Gasteiger partial charge is 0.0769 e. The van der Waals surface area contributed by atoms with Crippen LogP contribution in [-0.2, 0) is 0 Å². The lowest BCUT2D eigenvalue weighted by Gasteiger charge is -2.14. The Morgan fingerprint density at radius 3 is 2.87 bits per heavy atom. The van der Waals surface area contributed by atoms with Crippen LogP contribution in [0.25, 0.3) is 11.3 Å². The van der Waals surface area contributed by atoms with Crippen molar-refractivity contribution in [2.45, 2.75) is 12.1 Å². The van der Waals surface area contributed by atoms with Crippen LogP contribution in [0.2, 0.25) is 0 Å². The molecule has 1 aliphatic carbocycles. The van der Waals surface area contributed by atoms with E-state index in [-0.39, 0.29) is 0 Å². The van der Waals surface area contributed by atoms with Gasteiger partial charge in [-0.15, -0.1) is 0 Å². The van der Waals surface area contributed by atoms with E-state index in [2.05, 4.69) is 27.4 Å². The summed E-state index contributed by atoms with van der Waals surface area (Å²) in [7, 11) is 0. The van der Waals surface area contributed by atoms with Crippen LogP contribution in [0.1, 0.15) is 23.3 Å². The summed E-state index contributed by atoms with van der Waals surface area (Å²) >= 11 is 0. The first-order chi connectivity index (χ1) is 7.45. The molecule has 3 heteroatoms. The van der Waals surface area contributed by atoms with Gasteiger partial charge in [-0.2, -0.15) is 0 Å². The number of hydrogen-bond acceptors (Lipinski definition) is 3. The van der Waals surface area contributed by atoms with Crippen molar-refractivity contribution in [3.05, 3.63) is 47.9 Å². The first kappa shape index (κ1) is 7.54. The highest BCUT2D eigenvalue weighted by Crippen LogP contribution is 2.51. The molecule has 1 aliphatic heterocycles. The molecule has 2 aromatic heterocycles. The van der Waals surface area contributed by atoms with Gasteiger partial charge < -0.3 is 0 Å². The number of nitrogens with zero attached hydrogens (tertiary/aromatic N) is 2. The van der Waals surface area contributed by atoms with Gasteiger partial charge in [-0.1, -0.05) is 6.07 Å². The average Bonchev–Trinajstić information content (AvgIpc) is 3.10. The van der Waals surface area contributed by atoms with Crippen molar-refractivity contribution in [3.8, 4) is 11.3 Å². The van der Waals surface area contributed by atoms with E-state index >= 15 is 0 Å². The van der Waals surface area contributed by atoms with Crippen LogP contribution >= 0.6 is 0 Å². The predicted octanol–water partition coefficient (Wildman–Crippen LogP) is 1.84. The van der Waals surface area contributed by atoms with Gasteiger partial charge in [0.15, 0.2) is 0 Å². The van der Waals surface area contributed by atoms with E-state index in [1.54, 1.807) is 0 Å². The monoisotopic (exact) mass is 195 g/mol. The highest BCUT2D eigenvalue weighted by Gasteiger charge is 2.46. The summed E-state index contributed by atoms with van der Waals surface area (Å²) in [5.74, 6) is 0. The molecule has 3 nitrogen and oxygen atoms in total. The average molecular weight is 195 g/mol. The van der Waals surface area contributed by atoms with Gasteiger partial charge in [0.1, 0.15) is 0 Å². The molecule has 4 rings (SSSR count). The fraction of sp³-hybridized carbons (Fsp3) is 0.167. The second kappa shape index (κ2) is 2.44. The molecule has 2 aliphatic rings. The predicted molar refractivity (Wildman–Crippen MR) is 56.1 cm³/mol. The fourth-order valence-electron chi connectivity index (χ4n) is 2.40. The van der Waals surface area contributed by atoms with Gasteiger partial charge in [0, 0.05) is 18.0 Å². The molecule has 0 saturated carbocycles. The summed E-state index contributed by atoms with van der Waals surface area (Å²) in [6.07, 6.45) is 3.70. The molecule has 0 radical (unpaired) electrons. The maximum atomic E-state index is 4.46. The van der Waals surface area contributed by atoms with Crippen molar-refractivity contribution >= 4 is 0 Å². The van der Waals surface area contributed by atoms with Gasteiger partial charge in [-0.05, 0) is 23.8 Å². The van der Waals surface area contributed by atoms with Gasteiger partial charge in [0.2, 0.25) is 0 Å². The Morgan fingerprint density at radius 2 is 1.87 bits per heavy atom. The van der Waals surface area contributed by atoms with Crippen molar-refractivity contribution in [3.63, 3.8) is 0 Å². The van der Waals surface area contributed by atoms with Crippen LogP contribution in [0, 0.1) is 0 Å². The lowest BCUT2D eigenvalue weighted by atomic mass is 9.93. The molecule has 0 spiro atoms. The van der Waals surface area contributed by atoms with Crippen LogP contribution in [0.5, 0.6) is 0 Å². The van der Waals surface area contributed by atoms with Crippen molar-refractivity contribution in [2.24, 2.45) is 0 Å². The number of nitrogens with one attached hydrogen (secondary N) is 1. The molecule has 2 unspecified atom stereocenters. The van der Waals surface area contributed by atoms with Gasteiger partial charge in [-0.3, -0.25) is 15.3 Å². The Bertz CT molecular complexity index is 501. The maximum Gasteiger partial charge on any atom is 0.0769 e. The third kappa shape index (κ3) is 0.882. The summed E-state index contributed by atoms with van der Waals surface area (Å²) < 4.78 is 0. The van der Waals surface area contributed by atoms with Gasteiger partial charge in [0.05, 0.1) is 23.5 Å². The second-order valence-corrected chi connectivity index (χ2v) is 4.00. The molecule has 1 fully saturated rings. The molecule has 3 heterocycles. The minimum atomic E-state index is 0.415. The van der Waals surface area contributed by atoms with Gasteiger partial charge >= 0.3 is 0 Å². The Morgan fingerprint density at radius 1 is 1.00 bits per heavy atom. The lowest BCUT2D eigenvalue weighted by molar-refractivity contribution is 0.933. The zero-order chi connectivity index (χ0) is 9.83. The lowest BCUT2D eigenvalue weighted by Crippen LogP contribution is -2.02. The molecular formula is C12H9N3. The minimum Gasteiger partial charge on any atom is -0.298 e. The molecule has 2 aromatic rings. The molecule has 2 atom stereocenters. The third-order valence-corrected chi connectivity index (χ3v) is 3.15. The van der Waals surface area contributed by atoms with Crippen molar-refractivity contribution in [2.75, 3.05) is 0 Å². The van der Waals surface area contributed by atoms with E-state index in [0.29, 0.717) is 12.1 Å². The van der Waals surface area contributed by atoms with Crippen molar-refractivity contribution in [1.29, 1.82) is 0 Å².